The van der Waals surface area contributed by atoms with Gasteiger partial charge in [-0.25, -0.2) is 9.97 Å². The van der Waals surface area contributed by atoms with Crippen molar-refractivity contribution >= 4 is 50.7 Å². The molecule has 25 heavy (non-hydrogen) atoms. The van der Waals surface area contributed by atoms with Crippen molar-refractivity contribution in [2.75, 3.05) is 11.1 Å². The molecule has 0 aliphatic heterocycles. The van der Waals surface area contributed by atoms with Crippen LogP contribution >= 0.6 is 22.9 Å². The summed E-state index contributed by atoms with van der Waals surface area (Å²) in [5, 5.41) is 13.9. The molecule has 2 heterocycles. The molecule has 3 aromatic rings. The Morgan fingerprint density at radius 2 is 2.12 bits per heavy atom. The third-order valence-electron chi connectivity index (χ3n) is 3.94. The molecule has 0 atom stereocenters. The fraction of sp³-hybridized carbons (Fsp3) is 0.188. The average molecular weight is 376 g/mol. The lowest BCUT2D eigenvalue weighted by Gasteiger charge is -2.09. The molecule has 0 unspecified atom stereocenters. The monoisotopic (exact) mass is 375 g/mol. The number of primary amides is 1. The van der Waals surface area contributed by atoms with E-state index >= 15 is 0 Å². The standard InChI is InChI=1S/C16H14ClN5O2S/c17-8-4-1-6(5-9(8)23)12-10-11(18)13(14(19)24)25-15(10)22-16(21-12)20-7-2-3-7/h1,4-5,7,23H,2-3,18H2,(H2,19,24)(H,20,21,22). The lowest BCUT2D eigenvalue weighted by molar-refractivity contribution is 0.100. The van der Waals surface area contributed by atoms with Crippen LogP contribution in [0, 0.1) is 0 Å². The molecule has 0 radical (unpaired) electrons. The van der Waals surface area contributed by atoms with Gasteiger partial charge in [0.1, 0.15) is 15.5 Å². The number of carbonyl (C=O) groups excluding carboxylic acids is 1. The molecule has 1 amide bonds. The van der Waals surface area contributed by atoms with Crippen LogP contribution in [0.4, 0.5) is 11.6 Å². The topological polar surface area (TPSA) is 127 Å². The van der Waals surface area contributed by atoms with Gasteiger partial charge in [-0.15, -0.1) is 11.3 Å². The number of nitrogens with two attached hydrogens (primary N) is 2. The van der Waals surface area contributed by atoms with Crippen LogP contribution in [0.3, 0.4) is 0 Å². The summed E-state index contributed by atoms with van der Waals surface area (Å²) in [6, 6.07) is 5.17. The fourth-order valence-electron chi connectivity index (χ4n) is 2.55. The number of fused-ring (bicyclic) bond motifs is 1. The minimum atomic E-state index is -0.609. The highest BCUT2D eigenvalue weighted by Crippen LogP contribution is 2.40. The highest BCUT2D eigenvalue weighted by atomic mass is 35.5. The molecule has 128 valence electrons. The maximum absolute atomic E-state index is 11.6. The van der Waals surface area contributed by atoms with Crippen LogP contribution in [0.5, 0.6) is 5.75 Å². The largest absolute Gasteiger partial charge is 0.506 e. The number of thiophene rings is 1. The molecule has 0 saturated heterocycles. The number of hydrogen-bond donors (Lipinski definition) is 4. The number of halogens is 1. The summed E-state index contributed by atoms with van der Waals surface area (Å²) in [7, 11) is 0. The Bertz CT molecular complexity index is 1020. The summed E-state index contributed by atoms with van der Waals surface area (Å²) in [6.45, 7) is 0. The van der Waals surface area contributed by atoms with Gasteiger partial charge in [0, 0.05) is 11.6 Å². The zero-order valence-electron chi connectivity index (χ0n) is 12.9. The summed E-state index contributed by atoms with van der Waals surface area (Å²) in [5.74, 6) is -0.217. The van der Waals surface area contributed by atoms with Crippen LogP contribution in [-0.2, 0) is 0 Å². The lowest BCUT2D eigenvalue weighted by atomic mass is 10.1. The quantitative estimate of drug-likeness (QED) is 0.555. The Hall–Kier alpha value is -2.58. The van der Waals surface area contributed by atoms with E-state index in [1.807, 2.05) is 0 Å². The second-order valence-corrected chi connectivity index (χ2v) is 7.28. The summed E-state index contributed by atoms with van der Waals surface area (Å²) in [6.07, 6.45) is 2.13. The van der Waals surface area contributed by atoms with Crippen LogP contribution < -0.4 is 16.8 Å². The number of aromatic hydroxyl groups is 1. The SMILES string of the molecule is NC(=O)c1sc2nc(NC3CC3)nc(-c3ccc(Cl)c(O)c3)c2c1N. The first-order valence-electron chi connectivity index (χ1n) is 7.59. The van der Waals surface area contributed by atoms with Crippen molar-refractivity contribution in [3.05, 3.63) is 28.1 Å². The van der Waals surface area contributed by atoms with Gasteiger partial charge in [-0.2, -0.15) is 0 Å². The molecule has 1 aliphatic rings. The van der Waals surface area contributed by atoms with Crippen LogP contribution in [0.15, 0.2) is 18.2 Å². The second-order valence-electron chi connectivity index (χ2n) is 5.87. The van der Waals surface area contributed by atoms with Crippen molar-refractivity contribution < 1.29 is 9.90 Å². The Balaban J connectivity index is 1.97. The Morgan fingerprint density at radius 3 is 2.76 bits per heavy atom. The number of phenols is 1. The number of phenolic OH excluding ortho intramolecular Hbond substituents is 1. The van der Waals surface area contributed by atoms with Gasteiger partial charge in [0.2, 0.25) is 5.95 Å². The van der Waals surface area contributed by atoms with Gasteiger partial charge < -0.3 is 21.9 Å². The highest BCUT2D eigenvalue weighted by Gasteiger charge is 2.25. The second kappa shape index (κ2) is 5.75. The van der Waals surface area contributed by atoms with E-state index in [0.29, 0.717) is 33.5 Å². The highest BCUT2D eigenvalue weighted by molar-refractivity contribution is 7.21. The van der Waals surface area contributed by atoms with Gasteiger partial charge in [-0.05, 0) is 25.0 Å². The number of benzene rings is 1. The van der Waals surface area contributed by atoms with Crippen LogP contribution in [-0.4, -0.2) is 27.0 Å². The van der Waals surface area contributed by atoms with E-state index < -0.39 is 5.91 Å². The minimum Gasteiger partial charge on any atom is -0.506 e. The van der Waals surface area contributed by atoms with Crippen molar-refractivity contribution in [3.63, 3.8) is 0 Å². The van der Waals surface area contributed by atoms with Crippen molar-refractivity contribution in [1.29, 1.82) is 0 Å². The van der Waals surface area contributed by atoms with E-state index in [2.05, 4.69) is 15.3 Å². The van der Waals surface area contributed by atoms with Gasteiger partial charge in [0.25, 0.3) is 5.91 Å². The summed E-state index contributed by atoms with van der Waals surface area (Å²) >= 11 is 7.02. The molecular formula is C16H14ClN5O2S. The molecule has 0 bridgehead atoms. The van der Waals surface area contributed by atoms with Gasteiger partial charge in [-0.3, -0.25) is 4.79 Å². The smallest absolute Gasteiger partial charge is 0.260 e. The van der Waals surface area contributed by atoms with Crippen LogP contribution in [0.1, 0.15) is 22.5 Å². The van der Waals surface area contributed by atoms with Crippen molar-refractivity contribution in [2.45, 2.75) is 18.9 Å². The van der Waals surface area contributed by atoms with E-state index in [1.54, 1.807) is 12.1 Å². The van der Waals surface area contributed by atoms with Crippen LogP contribution in [0.2, 0.25) is 5.02 Å². The van der Waals surface area contributed by atoms with Crippen molar-refractivity contribution in [3.8, 4) is 17.0 Å². The zero-order chi connectivity index (χ0) is 17.7. The Morgan fingerprint density at radius 1 is 1.36 bits per heavy atom. The molecule has 0 spiro atoms. The normalized spacial score (nSPS) is 14.0. The number of aromatic nitrogens is 2. The van der Waals surface area contributed by atoms with Crippen molar-refractivity contribution in [2.24, 2.45) is 5.73 Å². The average Bonchev–Trinajstić information content (AvgIpc) is 3.31. The van der Waals surface area contributed by atoms with Gasteiger partial charge in [-0.1, -0.05) is 17.7 Å². The van der Waals surface area contributed by atoms with E-state index in [9.17, 15) is 9.90 Å². The van der Waals surface area contributed by atoms with E-state index in [0.717, 1.165) is 24.2 Å². The van der Waals surface area contributed by atoms with Gasteiger partial charge >= 0.3 is 0 Å². The number of nitrogens with one attached hydrogen (secondary N) is 1. The fourth-order valence-corrected chi connectivity index (χ4v) is 3.61. The van der Waals surface area contributed by atoms with Crippen molar-refractivity contribution in [1.82, 2.24) is 9.97 Å². The Labute approximate surface area is 151 Å². The molecule has 9 heteroatoms. The van der Waals surface area contributed by atoms with E-state index in [4.69, 9.17) is 23.1 Å². The summed E-state index contributed by atoms with van der Waals surface area (Å²) in [5.41, 5.74) is 12.9. The predicted molar refractivity (Wildman–Crippen MR) is 99.1 cm³/mol. The van der Waals surface area contributed by atoms with E-state index in [1.165, 1.54) is 6.07 Å². The third-order valence-corrected chi connectivity index (χ3v) is 5.38. The number of carbonyl (C=O) groups is 1. The van der Waals surface area contributed by atoms with Crippen LogP contribution in [0.25, 0.3) is 21.5 Å². The first kappa shape index (κ1) is 15.9. The first-order chi connectivity index (χ1) is 11.9. The maximum atomic E-state index is 11.6. The molecule has 2 aromatic heterocycles. The lowest BCUT2D eigenvalue weighted by Crippen LogP contribution is -2.10. The number of amides is 1. The minimum absolute atomic E-state index is 0.0634. The molecule has 1 aliphatic carbocycles. The molecule has 6 N–H and O–H groups in total. The zero-order valence-corrected chi connectivity index (χ0v) is 14.5. The summed E-state index contributed by atoms with van der Waals surface area (Å²) < 4.78 is 0. The van der Waals surface area contributed by atoms with Gasteiger partial charge in [0.15, 0.2) is 0 Å². The molecular weight excluding hydrogens is 362 g/mol. The van der Waals surface area contributed by atoms with E-state index in [-0.39, 0.29) is 21.3 Å². The number of nitrogen functional groups attached to an aromatic ring is 1. The number of rotatable bonds is 4. The number of hydrogen-bond acceptors (Lipinski definition) is 7. The molecule has 1 saturated carbocycles. The molecule has 4 rings (SSSR count). The first-order valence-corrected chi connectivity index (χ1v) is 8.78. The predicted octanol–water partition coefficient (Wildman–Crippen LogP) is 2.97. The molecule has 7 nitrogen and oxygen atoms in total. The third kappa shape index (κ3) is 2.83. The molecule has 1 aromatic carbocycles. The number of anilines is 2. The summed E-state index contributed by atoms with van der Waals surface area (Å²) in [4.78, 5) is 21.5. The Kier molecular flexibility index (Phi) is 3.66. The molecule has 1 fully saturated rings. The van der Waals surface area contributed by atoms with Gasteiger partial charge in [0.05, 0.1) is 21.8 Å². The number of nitrogens with zero attached hydrogens (tertiary/aromatic N) is 2. The maximum Gasteiger partial charge on any atom is 0.260 e.